The van der Waals surface area contributed by atoms with Crippen LogP contribution in [0.1, 0.15) is 37.7 Å². The zero-order valence-corrected chi connectivity index (χ0v) is 12.6. The monoisotopic (exact) mass is 328 g/mol. The van der Waals surface area contributed by atoms with E-state index in [4.69, 9.17) is 0 Å². The minimum atomic E-state index is -0.0313. The van der Waals surface area contributed by atoms with Crippen molar-refractivity contribution in [1.29, 1.82) is 0 Å². The van der Waals surface area contributed by atoms with Crippen LogP contribution in [0.15, 0.2) is 16.7 Å². The zero-order chi connectivity index (χ0) is 13.7. The molecule has 0 aromatic carbocycles. The van der Waals surface area contributed by atoms with Crippen LogP contribution in [0.4, 0.5) is 5.82 Å². The fraction of sp³-hybridized carbons (Fsp3) is 0.643. The molecule has 1 fully saturated rings. The molecule has 19 heavy (non-hydrogen) atoms. The summed E-state index contributed by atoms with van der Waals surface area (Å²) >= 11 is 3.38. The molecule has 2 rings (SSSR count). The van der Waals surface area contributed by atoms with Crippen molar-refractivity contribution in [3.63, 3.8) is 0 Å². The Balaban J connectivity index is 2.26. The standard InChI is InChI=1S/C14H21BrN2O2/c15-12-8-11(10-19)14(16-9-12)17(6-7-18)13-4-2-1-3-5-13/h8-9,13,18-19H,1-7,10H2. The smallest absolute Gasteiger partial charge is 0.134 e. The third-order valence-corrected chi connectivity index (χ3v) is 4.14. The van der Waals surface area contributed by atoms with E-state index in [0.717, 1.165) is 28.7 Å². The van der Waals surface area contributed by atoms with E-state index in [-0.39, 0.29) is 13.2 Å². The minimum absolute atomic E-state index is 0.0313. The van der Waals surface area contributed by atoms with Gasteiger partial charge in [0, 0.05) is 28.8 Å². The first-order valence-corrected chi connectivity index (χ1v) is 7.68. The molecule has 0 amide bonds. The predicted molar refractivity (Wildman–Crippen MR) is 79.2 cm³/mol. The van der Waals surface area contributed by atoms with Crippen LogP contribution in [0.5, 0.6) is 0 Å². The van der Waals surface area contributed by atoms with E-state index in [1.165, 1.54) is 19.3 Å². The Kier molecular flexibility index (Phi) is 5.60. The van der Waals surface area contributed by atoms with Gasteiger partial charge in [0.05, 0.1) is 13.2 Å². The molecule has 0 saturated heterocycles. The second-order valence-electron chi connectivity index (χ2n) is 5.00. The van der Waals surface area contributed by atoms with Crippen molar-refractivity contribution in [2.45, 2.75) is 44.8 Å². The Morgan fingerprint density at radius 3 is 2.63 bits per heavy atom. The lowest BCUT2D eigenvalue weighted by Crippen LogP contribution is -2.40. The van der Waals surface area contributed by atoms with E-state index in [1.807, 2.05) is 6.07 Å². The Labute approximate surface area is 122 Å². The van der Waals surface area contributed by atoms with Gasteiger partial charge in [0.2, 0.25) is 0 Å². The first-order valence-electron chi connectivity index (χ1n) is 6.89. The highest BCUT2D eigenvalue weighted by Crippen LogP contribution is 2.29. The van der Waals surface area contributed by atoms with E-state index < -0.39 is 0 Å². The van der Waals surface area contributed by atoms with Crippen molar-refractivity contribution in [1.82, 2.24) is 4.98 Å². The molecule has 0 bridgehead atoms. The number of halogens is 1. The summed E-state index contributed by atoms with van der Waals surface area (Å²) in [5.74, 6) is 0.812. The fourth-order valence-corrected chi connectivity index (χ4v) is 3.19. The van der Waals surface area contributed by atoms with Gasteiger partial charge in [-0.15, -0.1) is 0 Å². The third-order valence-electron chi connectivity index (χ3n) is 3.71. The molecule has 1 aliphatic carbocycles. The van der Waals surface area contributed by atoms with Crippen LogP contribution < -0.4 is 4.90 Å². The topological polar surface area (TPSA) is 56.6 Å². The summed E-state index contributed by atoms with van der Waals surface area (Å²) in [5, 5.41) is 18.8. The van der Waals surface area contributed by atoms with Gasteiger partial charge in [0.25, 0.3) is 0 Å². The Bertz CT molecular complexity index is 408. The summed E-state index contributed by atoms with van der Waals surface area (Å²) in [6, 6.07) is 2.33. The lowest BCUT2D eigenvalue weighted by molar-refractivity contribution is 0.276. The summed E-state index contributed by atoms with van der Waals surface area (Å²) in [6.07, 6.45) is 7.80. The fourth-order valence-electron chi connectivity index (χ4n) is 2.81. The SMILES string of the molecule is OCCN(c1ncc(Br)cc1CO)C1CCCCC1. The summed E-state index contributed by atoms with van der Waals surface area (Å²) < 4.78 is 0.868. The molecule has 1 aromatic rings. The highest BCUT2D eigenvalue weighted by molar-refractivity contribution is 9.10. The van der Waals surface area contributed by atoms with Crippen LogP contribution in [-0.4, -0.2) is 34.4 Å². The van der Waals surface area contributed by atoms with Gasteiger partial charge in [-0.1, -0.05) is 19.3 Å². The second-order valence-corrected chi connectivity index (χ2v) is 5.92. The van der Waals surface area contributed by atoms with Crippen LogP contribution in [0.25, 0.3) is 0 Å². The maximum Gasteiger partial charge on any atom is 0.134 e. The van der Waals surface area contributed by atoms with Gasteiger partial charge in [-0.3, -0.25) is 0 Å². The van der Waals surface area contributed by atoms with Gasteiger partial charge in [-0.05, 0) is 34.8 Å². The molecule has 0 unspecified atom stereocenters. The van der Waals surface area contributed by atoms with E-state index in [0.29, 0.717) is 12.6 Å². The molecule has 1 heterocycles. The average Bonchev–Trinajstić information content (AvgIpc) is 2.46. The first kappa shape index (κ1) is 14.8. The quantitative estimate of drug-likeness (QED) is 0.871. The Morgan fingerprint density at radius 2 is 2.00 bits per heavy atom. The molecule has 4 nitrogen and oxygen atoms in total. The van der Waals surface area contributed by atoms with Crippen LogP contribution in [-0.2, 0) is 6.61 Å². The number of aliphatic hydroxyl groups excluding tert-OH is 2. The van der Waals surface area contributed by atoms with Gasteiger partial charge in [-0.2, -0.15) is 0 Å². The largest absolute Gasteiger partial charge is 0.395 e. The molecule has 1 saturated carbocycles. The molecule has 5 heteroatoms. The van der Waals surface area contributed by atoms with E-state index in [2.05, 4.69) is 25.8 Å². The van der Waals surface area contributed by atoms with E-state index >= 15 is 0 Å². The highest BCUT2D eigenvalue weighted by atomic mass is 79.9. The van der Waals surface area contributed by atoms with Crippen molar-refractivity contribution in [3.05, 3.63) is 22.3 Å². The predicted octanol–water partition coefficient (Wildman–Crippen LogP) is 2.47. The van der Waals surface area contributed by atoms with Gasteiger partial charge in [0.15, 0.2) is 0 Å². The summed E-state index contributed by atoms with van der Waals surface area (Å²) in [6.45, 7) is 0.655. The first-order chi connectivity index (χ1) is 9.26. The van der Waals surface area contributed by atoms with Gasteiger partial charge in [0.1, 0.15) is 5.82 Å². The van der Waals surface area contributed by atoms with Gasteiger partial charge in [-0.25, -0.2) is 4.98 Å². The van der Waals surface area contributed by atoms with Crippen molar-refractivity contribution >= 4 is 21.7 Å². The number of nitrogens with zero attached hydrogens (tertiary/aromatic N) is 2. The molecule has 1 aromatic heterocycles. The number of aliphatic hydroxyl groups is 2. The molecule has 0 spiro atoms. The van der Waals surface area contributed by atoms with E-state index in [9.17, 15) is 10.2 Å². The van der Waals surface area contributed by atoms with Gasteiger partial charge >= 0.3 is 0 Å². The molecule has 1 aliphatic rings. The summed E-state index contributed by atoms with van der Waals surface area (Å²) in [7, 11) is 0. The molecule has 106 valence electrons. The summed E-state index contributed by atoms with van der Waals surface area (Å²) in [5.41, 5.74) is 0.813. The van der Waals surface area contributed by atoms with Gasteiger partial charge < -0.3 is 15.1 Å². The number of pyridine rings is 1. The van der Waals surface area contributed by atoms with E-state index in [1.54, 1.807) is 6.20 Å². The Morgan fingerprint density at radius 1 is 1.26 bits per heavy atom. The van der Waals surface area contributed by atoms with Crippen LogP contribution in [0, 0.1) is 0 Å². The van der Waals surface area contributed by atoms with Crippen LogP contribution in [0.3, 0.4) is 0 Å². The number of anilines is 1. The van der Waals surface area contributed by atoms with Crippen molar-refractivity contribution in [2.24, 2.45) is 0 Å². The molecular weight excluding hydrogens is 308 g/mol. The molecular formula is C14H21BrN2O2. The molecule has 2 N–H and O–H groups in total. The van der Waals surface area contributed by atoms with Crippen molar-refractivity contribution in [3.8, 4) is 0 Å². The maximum atomic E-state index is 9.51. The maximum absolute atomic E-state index is 9.51. The van der Waals surface area contributed by atoms with Crippen molar-refractivity contribution in [2.75, 3.05) is 18.1 Å². The lowest BCUT2D eigenvalue weighted by atomic mass is 9.94. The number of hydrogen-bond donors (Lipinski definition) is 2. The number of hydrogen-bond acceptors (Lipinski definition) is 4. The number of rotatable bonds is 5. The summed E-state index contributed by atoms with van der Waals surface area (Å²) in [4.78, 5) is 6.61. The minimum Gasteiger partial charge on any atom is -0.395 e. The average molecular weight is 329 g/mol. The second kappa shape index (κ2) is 7.22. The van der Waals surface area contributed by atoms with Crippen LogP contribution >= 0.6 is 15.9 Å². The molecule has 0 radical (unpaired) electrons. The van der Waals surface area contributed by atoms with Crippen molar-refractivity contribution < 1.29 is 10.2 Å². The Hall–Kier alpha value is -0.650. The third kappa shape index (κ3) is 3.68. The lowest BCUT2D eigenvalue weighted by Gasteiger charge is -2.35. The molecule has 0 aliphatic heterocycles. The number of aromatic nitrogens is 1. The normalized spacial score (nSPS) is 16.6. The molecule has 0 atom stereocenters. The highest BCUT2D eigenvalue weighted by Gasteiger charge is 2.23. The van der Waals surface area contributed by atoms with Crippen LogP contribution in [0.2, 0.25) is 0 Å². The zero-order valence-electron chi connectivity index (χ0n) is 11.1.